The second kappa shape index (κ2) is 5.63. The summed E-state index contributed by atoms with van der Waals surface area (Å²) in [6.07, 6.45) is 0. The molecule has 0 radical (unpaired) electrons. The van der Waals surface area contributed by atoms with Gasteiger partial charge in [0.15, 0.2) is 0 Å². The third-order valence-corrected chi connectivity index (χ3v) is 4.16. The Morgan fingerprint density at radius 2 is 1.84 bits per heavy atom. The van der Waals surface area contributed by atoms with Crippen molar-refractivity contribution in [3.05, 3.63) is 45.1 Å². The van der Waals surface area contributed by atoms with Crippen LogP contribution in [0.5, 0.6) is 11.5 Å². The number of aryl methyl sites for hydroxylation is 2. The number of rotatable bonds is 4. The van der Waals surface area contributed by atoms with E-state index >= 15 is 0 Å². The maximum Gasteiger partial charge on any atom is 0.129 e. The Balaban J connectivity index is 2.45. The minimum absolute atomic E-state index is 0.190. The van der Waals surface area contributed by atoms with Crippen molar-refractivity contribution < 1.29 is 9.47 Å². The van der Waals surface area contributed by atoms with Crippen LogP contribution in [0, 0.1) is 13.8 Å². The second-order valence-electron chi connectivity index (χ2n) is 4.56. The number of ether oxygens (including phenoxy) is 2. The monoisotopic (exact) mass is 277 g/mol. The van der Waals surface area contributed by atoms with Crippen molar-refractivity contribution in [2.24, 2.45) is 5.73 Å². The molecule has 1 aromatic heterocycles. The molecule has 19 heavy (non-hydrogen) atoms. The molecule has 2 N–H and O–H groups in total. The van der Waals surface area contributed by atoms with Crippen LogP contribution in [0.15, 0.2) is 23.6 Å². The van der Waals surface area contributed by atoms with E-state index in [0.29, 0.717) is 0 Å². The van der Waals surface area contributed by atoms with Crippen LogP contribution in [0.25, 0.3) is 0 Å². The Bertz CT molecular complexity index is 578. The largest absolute Gasteiger partial charge is 0.496 e. The van der Waals surface area contributed by atoms with Crippen LogP contribution in [-0.4, -0.2) is 14.2 Å². The van der Waals surface area contributed by atoms with Crippen molar-refractivity contribution in [3.63, 3.8) is 0 Å². The van der Waals surface area contributed by atoms with E-state index in [1.807, 2.05) is 17.5 Å². The molecule has 102 valence electrons. The molecule has 3 nitrogen and oxygen atoms in total. The standard InChI is InChI=1S/C15H19NO2S/c1-9-5-10(2)14(12(6-9)18-4)15(16)13-7-11(17-3)8-19-13/h5-8,15H,16H2,1-4H3. The molecule has 0 fully saturated rings. The molecule has 0 aliphatic rings. The van der Waals surface area contributed by atoms with Crippen LogP contribution in [0.1, 0.15) is 27.6 Å². The molecule has 0 bridgehead atoms. The van der Waals surface area contributed by atoms with Crippen LogP contribution in [0.3, 0.4) is 0 Å². The maximum absolute atomic E-state index is 6.39. The molecule has 0 aliphatic heterocycles. The van der Waals surface area contributed by atoms with Crippen molar-refractivity contribution >= 4 is 11.3 Å². The van der Waals surface area contributed by atoms with E-state index < -0.39 is 0 Å². The lowest BCUT2D eigenvalue weighted by Gasteiger charge is -2.18. The molecular formula is C15H19NO2S. The van der Waals surface area contributed by atoms with E-state index in [4.69, 9.17) is 15.2 Å². The number of thiophene rings is 1. The minimum Gasteiger partial charge on any atom is -0.496 e. The molecule has 0 aliphatic carbocycles. The average Bonchev–Trinajstić information content (AvgIpc) is 2.85. The van der Waals surface area contributed by atoms with Gasteiger partial charge in [-0.25, -0.2) is 0 Å². The zero-order valence-electron chi connectivity index (χ0n) is 11.7. The van der Waals surface area contributed by atoms with E-state index in [2.05, 4.69) is 19.9 Å². The summed E-state index contributed by atoms with van der Waals surface area (Å²) < 4.78 is 10.7. The molecule has 0 spiro atoms. The summed E-state index contributed by atoms with van der Waals surface area (Å²) >= 11 is 1.60. The summed E-state index contributed by atoms with van der Waals surface area (Å²) in [6, 6.07) is 5.94. The summed E-state index contributed by atoms with van der Waals surface area (Å²) in [7, 11) is 3.34. The zero-order chi connectivity index (χ0) is 14.0. The van der Waals surface area contributed by atoms with E-state index in [-0.39, 0.29) is 6.04 Å². The Labute approximate surface area is 118 Å². The fraction of sp³-hybridized carbons (Fsp3) is 0.333. The lowest BCUT2D eigenvalue weighted by Crippen LogP contribution is -2.13. The van der Waals surface area contributed by atoms with Gasteiger partial charge in [-0.15, -0.1) is 11.3 Å². The summed E-state index contributed by atoms with van der Waals surface area (Å²) in [6.45, 7) is 4.12. The van der Waals surface area contributed by atoms with Crippen molar-refractivity contribution in [1.29, 1.82) is 0 Å². The summed E-state index contributed by atoms with van der Waals surface area (Å²) in [5.74, 6) is 1.69. The lowest BCUT2D eigenvalue weighted by atomic mass is 9.97. The molecule has 1 aromatic carbocycles. The highest BCUT2D eigenvalue weighted by Crippen LogP contribution is 2.36. The Kier molecular flexibility index (Phi) is 4.12. The van der Waals surface area contributed by atoms with Crippen molar-refractivity contribution in [3.8, 4) is 11.5 Å². The van der Waals surface area contributed by atoms with Crippen molar-refractivity contribution in [2.75, 3.05) is 14.2 Å². The molecular weight excluding hydrogens is 258 g/mol. The minimum atomic E-state index is -0.190. The van der Waals surface area contributed by atoms with Gasteiger partial charge in [-0.2, -0.15) is 0 Å². The predicted octanol–water partition coefficient (Wildman–Crippen LogP) is 3.43. The van der Waals surface area contributed by atoms with Gasteiger partial charge in [-0.05, 0) is 37.1 Å². The number of hydrogen-bond donors (Lipinski definition) is 1. The number of methoxy groups -OCH3 is 2. The highest BCUT2D eigenvalue weighted by molar-refractivity contribution is 7.10. The first-order valence-corrected chi connectivity index (χ1v) is 6.98. The van der Waals surface area contributed by atoms with Crippen molar-refractivity contribution in [1.82, 2.24) is 0 Å². The summed E-state index contributed by atoms with van der Waals surface area (Å²) in [5, 5.41) is 1.96. The average molecular weight is 277 g/mol. The maximum atomic E-state index is 6.39. The Morgan fingerprint density at radius 3 is 2.42 bits per heavy atom. The third kappa shape index (κ3) is 2.74. The van der Waals surface area contributed by atoms with E-state index in [0.717, 1.165) is 27.5 Å². The fourth-order valence-electron chi connectivity index (χ4n) is 2.25. The quantitative estimate of drug-likeness (QED) is 0.931. The topological polar surface area (TPSA) is 44.5 Å². The fourth-order valence-corrected chi connectivity index (χ4v) is 3.12. The summed E-state index contributed by atoms with van der Waals surface area (Å²) in [5.41, 5.74) is 9.75. The first-order valence-electron chi connectivity index (χ1n) is 6.10. The Morgan fingerprint density at radius 1 is 1.11 bits per heavy atom. The first-order chi connectivity index (χ1) is 9.06. The molecule has 4 heteroatoms. The lowest BCUT2D eigenvalue weighted by molar-refractivity contribution is 0.406. The summed E-state index contributed by atoms with van der Waals surface area (Å²) in [4.78, 5) is 1.07. The van der Waals surface area contributed by atoms with Gasteiger partial charge in [0.2, 0.25) is 0 Å². The molecule has 0 saturated heterocycles. The third-order valence-electron chi connectivity index (χ3n) is 3.16. The van der Waals surface area contributed by atoms with Gasteiger partial charge in [0.05, 0.1) is 20.3 Å². The van der Waals surface area contributed by atoms with Gasteiger partial charge in [0.1, 0.15) is 11.5 Å². The van der Waals surface area contributed by atoms with Gasteiger partial charge in [-0.3, -0.25) is 0 Å². The molecule has 1 atom stereocenters. The van der Waals surface area contributed by atoms with Gasteiger partial charge < -0.3 is 15.2 Å². The van der Waals surface area contributed by atoms with E-state index in [1.165, 1.54) is 5.56 Å². The number of nitrogens with two attached hydrogens (primary N) is 1. The van der Waals surface area contributed by atoms with Crippen LogP contribution >= 0.6 is 11.3 Å². The van der Waals surface area contributed by atoms with Crippen LogP contribution in [-0.2, 0) is 0 Å². The number of hydrogen-bond acceptors (Lipinski definition) is 4. The second-order valence-corrected chi connectivity index (χ2v) is 5.51. The predicted molar refractivity (Wildman–Crippen MR) is 79.4 cm³/mol. The normalized spacial score (nSPS) is 12.3. The molecule has 0 saturated carbocycles. The molecule has 0 amide bonds. The SMILES string of the molecule is COc1csc(C(N)c2c(C)cc(C)cc2OC)c1. The zero-order valence-corrected chi connectivity index (χ0v) is 12.5. The molecule has 2 rings (SSSR count). The molecule has 1 heterocycles. The van der Waals surface area contributed by atoms with Gasteiger partial charge >= 0.3 is 0 Å². The van der Waals surface area contributed by atoms with Gasteiger partial charge in [-0.1, -0.05) is 6.07 Å². The molecule has 2 aromatic rings. The highest BCUT2D eigenvalue weighted by Gasteiger charge is 2.19. The molecule has 1 unspecified atom stereocenters. The van der Waals surface area contributed by atoms with Crippen LogP contribution in [0.4, 0.5) is 0 Å². The smallest absolute Gasteiger partial charge is 0.129 e. The van der Waals surface area contributed by atoms with Gasteiger partial charge in [0.25, 0.3) is 0 Å². The highest BCUT2D eigenvalue weighted by atomic mass is 32.1. The van der Waals surface area contributed by atoms with E-state index in [1.54, 1.807) is 25.6 Å². The number of benzene rings is 1. The Hall–Kier alpha value is -1.52. The first kappa shape index (κ1) is 13.9. The van der Waals surface area contributed by atoms with E-state index in [9.17, 15) is 0 Å². The van der Waals surface area contributed by atoms with Crippen LogP contribution in [0.2, 0.25) is 0 Å². The van der Waals surface area contributed by atoms with Crippen molar-refractivity contribution in [2.45, 2.75) is 19.9 Å². The van der Waals surface area contributed by atoms with Gasteiger partial charge in [0, 0.05) is 15.8 Å². The van der Waals surface area contributed by atoms with Crippen LogP contribution < -0.4 is 15.2 Å².